The summed E-state index contributed by atoms with van der Waals surface area (Å²) in [6, 6.07) is 6.03. The second kappa shape index (κ2) is 7.88. The predicted molar refractivity (Wildman–Crippen MR) is 74.5 cm³/mol. The molecule has 0 bridgehead atoms. The lowest BCUT2D eigenvalue weighted by Gasteiger charge is -2.15. The summed E-state index contributed by atoms with van der Waals surface area (Å²) in [4.78, 5) is 1.03. The van der Waals surface area contributed by atoms with Gasteiger partial charge < -0.3 is 9.47 Å². The topological polar surface area (TPSA) is 42.2 Å². The van der Waals surface area contributed by atoms with Gasteiger partial charge in [-0.1, -0.05) is 6.92 Å². The van der Waals surface area contributed by atoms with Crippen LogP contribution in [-0.4, -0.2) is 19.0 Å². The van der Waals surface area contributed by atoms with E-state index in [1.165, 1.54) is 0 Å². The van der Waals surface area contributed by atoms with E-state index in [0.717, 1.165) is 27.7 Å². The van der Waals surface area contributed by atoms with Crippen LogP contribution in [-0.2, 0) is 6.42 Å². The van der Waals surface area contributed by atoms with Crippen LogP contribution in [0.15, 0.2) is 17.0 Å². The summed E-state index contributed by atoms with van der Waals surface area (Å²) >= 11 is 1.70. The Morgan fingerprint density at radius 3 is 2.06 bits per heavy atom. The Morgan fingerprint density at radius 2 is 1.67 bits per heavy atom. The SMILES string of the molecule is CCOc1cc(CC#N)cc(OCC)c1SCC. The van der Waals surface area contributed by atoms with Crippen molar-refractivity contribution in [1.29, 1.82) is 5.26 Å². The van der Waals surface area contributed by atoms with Crippen molar-refractivity contribution in [2.24, 2.45) is 0 Å². The number of rotatable bonds is 7. The molecule has 0 aliphatic heterocycles. The Hall–Kier alpha value is -1.34. The number of hydrogen-bond acceptors (Lipinski definition) is 4. The van der Waals surface area contributed by atoms with Gasteiger partial charge in [0, 0.05) is 0 Å². The highest BCUT2D eigenvalue weighted by molar-refractivity contribution is 7.99. The Balaban J connectivity index is 3.20. The monoisotopic (exact) mass is 265 g/mol. The minimum absolute atomic E-state index is 0.372. The quantitative estimate of drug-likeness (QED) is 0.706. The lowest BCUT2D eigenvalue weighted by atomic mass is 10.1. The van der Waals surface area contributed by atoms with Crippen LogP contribution in [0.4, 0.5) is 0 Å². The first-order valence-electron chi connectivity index (χ1n) is 6.19. The van der Waals surface area contributed by atoms with Gasteiger partial charge >= 0.3 is 0 Å². The number of nitrogens with zero attached hydrogens (tertiary/aromatic N) is 1. The fraction of sp³-hybridized carbons (Fsp3) is 0.500. The highest BCUT2D eigenvalue weighted by atomic mass is 32.2. The van der Waals surface area contributed by atoms with Crippen molar-refractivity contribution < 1.29 is 9.47 Å². The zero-order valence-corrected chi connectivity index (χ0v) is 12.0. The van der Waals surface area contributed by atoms with Gasteiger partial charge in [0.25, 0.3) is 0 Å². The van der Waals surface area contributed by atoms with E-state index in [1.54, 1.807) is 11.8 Å². The van der Waals surface area contributed by atoms with E-state index in [2.05, 4.69) is 13.0 Å². The summed E-state index contributed by atoms with van der Waals surface area (Å²) in [5.74, 6) is 2.60. The molecular weight excluding hydrogens is 246 g/mol. The third kappa shape index (κ3) is 3.85. The lowest BCUT2D eigenvalue weighted by Crippen LogP contribution is -2.00. The number of ether oxygens (including phenoxy) is 2. The largest absolute Gasteiger partial charge is 0.493 e. The fourth-order valence-corrected chi connectivity index (χ4v) is 2.45. The van der Waals surface area contributed by atoms with Gasteiger partial charge in [0.05, 0.1) is 30.6 Å². The lowest BCUT2D eigenvalue weighted by molar-refractivity contribution is 0.308. The molecule has 0 spiro atoms. The molecule has 0 amide bonds. The van der Waals surface area contributed by atoms with Gasteiger partial charge in [0.2, 0.25) is 0 Å². The highest BCUT2D eigenvalue weighted by Gasteiger charge is 2.13. The third-order valence-electron chi connectivity index (χ3n) is 2.25. The van der Waals surface area contributed by atoms with Crippen LogP contribution < -0.4 is 9.47 Å². The van der Waals surface area contributed by atoms with Gasteiger partial charge in [-0.05, 0) is 37.3 Å². The molecule has 4 heteroatoms. The molecule has 0 unspecified atom stereocenters. The molecule has 0 saturated carbocycles. The Labute approximate surface area is 113 Å². The van der Waals surface area contributed by atoms with Gasteiger partial charge in [0.15, 0.2) is 0 Å². The zero-order chi connectivity index (χ0) is 13.4. The van der Waals surface area contributed by atoms with E-state index in [0.29, 0.717) is 19.6 Å². The number of thioether (sulfide) groups is 1. The second-order valence-electron chi connectivity index (χ2n) is 3.56. The molecule has 0 N–H and O–H groups in total. The minimum Gasteiger partial charge on any atom is -0.493 e. The molecule has 1 rings (SSSR count). The van der Waals surface area contributed by atoms with E-state index in [-0.39, 0.29) is 0 Å². The summed E-state index contributed by atoms with van der Waals surface area (Å²) < 4.78 is 11.3. The average molecular weight is 265 g/mol. The molecule has 0 aromatic heterocycles. The molecule has 98 valence electrons. The van der Waals surface area contributed by atoms with Gasteiger partial charge in [0.1, 0.15) is 11.5 Å². The van der Waals surface area contributed by atoms with E-state index in [4.69, 9.17) is 14.7 Å². The zero-order valence-electron chi connectivity index (χ0n) is 11.2. The molecule has 0 aliphatic rings. The normalized spacial score (nSPS) is 9.89. The van der Waals surface area contributed by atoms with E-state index < -0.39 is 0 Å². The Morgan fingerprint density at radius 1 is 1.11 bits per heavy atom. The highest BCUT2D eigenvalue weighted by Crippen LogP contribution is 2.39. The van der Waals surface area contributed by atoms with Gasteiger partial charge in [-0.15, -0.1) is 11.8 Å². The van der Waals surface area contributed by atoms with Crippen LogP contribution in [0.3, 0.4) is 0 Å². The number of benzene rings is 1. The molecule has 0 aliphatic carbocycles. The van der Waals surface area contributed by atoms with E-state index >= 15 is 0 Å². The van der Waals surface area contributed by atoms with Crippen molar-refractivity contribution in [3.8, 4) is 17.6 Å². The summed E-state index contributed by atoms with van der Waals surface area (Å²) in [7, 11) is 0. The van der Waals surface area contributed by atoms with E-state index in [9.17, 15) is 0 Å². The molecule has 18 heavy (non-hydrogen) atoms. The maximum atomic E-state index is 8.80. The van der Waals surface area contributed by atoms with E-state index in [1.807, 2.05) is 26.0 Å². The Bertz CT molecular complexity index is 399. The van der Waals surface area contributed by atoms with Gasteiger partial charge in [-0.2, -0.15) is 5.26 Å². The summed E-state index contributed by atoms with van der Waals surface area (Å²) in [5, 5.41) is 8.80. The van der Waals surface area contributed by atoms with Crippen molar-refractivity contribution >= 4 is 11.8 Å². The van der Waals surface area contributed by atoms with Crippen LogP contribution in [0, 0.1) is 11.3 Å². The molecular formula is C14H19NO2S. The van der Waals surface area contributed by atoms with Crippen molar-refractivity contribution in [2.45, 2.75) is 32.1 Å². The summed E-state index contributed by atoms with van der Waals surface area (Å²) in [5.41, 5.74) is 0.935. The molecule has 0 fully saturated rings. The smallest absolute Gasteiger partial charge is 0.136 e. The van der Waals surface area contributed by atoms with Crippen LogP contribution in [0.5, 0.6) is 11.5 Å². The van der Waals surface area contributed by atoms with Crippen LogP contribution in [0.25, 0.3) is 0 Å². The van der Waals surface area contributed by atoms with Crippen LogP contribution in [0.1, 0.15) is 26.3 Å². The van der Waals surface area contributed by atoms with Crippen LogP contribution in [0.2, 0.25) is 0 Å². The molecule has 0 atom stereocenters. The first kappa shape index (κ1) is 14.7. The average Bonchev–Trinajstić information content (AvgIpc) is 2.34. The molecule has 0 saturated heterocycles. The minimum atomic E-state index is 0.372. The van der Waals surface area contributed by atoms with Crippen molar-refractivity contribution in [3.63, 3.8) is 0 Å². The summed E-state index contributed by atoms with van der Waals surface area (Å²) in [6.07, 6.45) is 0.372. The molecule has 1 aromatic rings. The predicted octanol–water partition coefficient (Wildman–Crippen LogP) is 3.66. The first-order chi connectivity index (χ1) is 8.76. The number of nitriles is 1. The molecule has 1 aromatic carbocycles. The van der Waals surface area contributed by atoms with Crippen molar-refractivity contribution in [1.82, 2.24) is 0 Å². The standard InChI is InChI=1S/C14H19NO2S/c1-4-16-12-9-11(7-8-15)10-13(17-5-2)14(12)18-6-3/h9-10H,4-7H2,1-3H3. The maximum Gasteiger partial charge on any atom is 0.136 e. The van der Waals surface area contributed by atoms with Gasteiger partial charge in [-0.25, -0.2) is 0 Å². The van der Waals surface area contributed by atoms with Gasteiger partial charge in [-0.3, -0.25) is 0 Å². The Kier molecular flexibility index (Phi) is 6.45. The van der Waals surface area contributed by atoms with Crippen LogP contribution >= 0.6 is 11.8 Å². The molecule has 0 heterocycles. The maximum absolute atomic E-state index is 8.80. The molecule has 3 nitrogen and oxygen atoms in total. The summed E-state index contributed by atoms with van der Waals surface area (Å²) in [6.45, 7) is 7.23. The fourth-order valence-electron chi connectivity index (χ4n) is 1.64. The second-order valence-corrected chi connectivity index (χ2v) is 4.83. The van der Waals surface area contributed by atoms with Crippen molar-refractivity contribution in [3.05, 3.63) is 17.7 Å². The first-order valence-corrected chi connectivity index (χ1v) is 7.17. The third-order valence-corrected chi connectivity index (χ3v) is 3.23. The number of hydrogen-bond donors (Lipinski definition) is 0. The molecule has 0 radical (unpaired) electrons. The van der Waals surface area contributed by atoms with Crippen molar-refractivity contribution in [2.75, 3.05) is 19.0 Å².